The van der Waals surface area contributed by atoms with E-state index in [9.17, 15) is 14.4 Å². The van der Waals surface area contributed by atoms with Gasteiger partial charge in [0.05, 0.1) is 14.2 Å². The summed E-state index contributed by atoms with van der Waals surface area (Å²) in [6.45, 7) is 0.260. The summed E-state index contributed by atoms with van der Waals surface area (Å²) in [5, 5.41) is 8.60. The van der Waals surface area contributed by atoms with Crippen molar-refractivity contribution in [3.63, 3.8) is 0 Å². The smallest absolute Gasteiger partial charge is 0.396 e. The zero-order chi connectivity index (χ0) is 23.1. The van der Waals surface area contributed by atoms with Gasteiger partial charge in [-0.2, -0.15) is 0 Å². The SMILES string of the molecule is COC(=O)/C=C/CCC(=O)N(CCc1cn(C)c2ccccc12)c1nnc(C(=O)OC)o1. The van der Waals surface area contributed by atoms with E-state index in [-0.39, 0.29) is 30.8 Å². The third-order valence-corrected chi connectivity index (χ3v) is 4.87. The second-order valence-electron chi connectivity index (χ2n) is 6.92. The Labute approximate surface area is 184 Å². The lowest BCUT2D eigenvalue weighted by Gasteiger charge is -2.17. The number of hydrogen-bond acceptors (Lipinski definition) is 8. The Morgan fingerprint density at radius 2 is 1.94 bits per heavy atom. The predicted molar refractivity (Wildman–Crippen MR) is 115 cm³/mol. The van der Waals surface area contributed by atoms with Gasteiger partial charge in [-0.1, -0.05) is 34.5 Å². The summed E-state index contributed by atoms with van der Waals surface area (Å²) < 4.78 is 16.5. The fourth-order valence-electron chi connectivity index (χ4n) is 3.27. The molecule has 0 bridgehead atoms. The monoisotopic (exact) mass is 440 g/mol. The van der Waals surface area contributed by atoms with Crippen LogP contribution in [0.1, 0.15) is 29.1 Å². The van der Waals surface area contributed by atoms with Gasteiger partial charge in [-0.05, 0) is 24.5 Å². The van der Waals surface area contributed by atoms with Gasteiger partial charge < -0.3 is 18.5 Å². The first-order valence-corrected chi connectivity index (χ1v) is 9.94. The van der Waals surface area contributed by atoms with Crippen LogP contribution in [0.4, 0.5) is 6.01 Å². The van der Waals surface area contributed by atoms with Gasteiger partial charge in [-0.3, -0.25) is 9.69 Å². The molecular weight excluding hydrogens is 416 g/mol. The fraction of sp³-hybridized carbons (Fsp3) is 0.318. The standard InChI is InChI=1S/C22H24N4O6/c1-25-14-15(16-8-4-5-9-17(16)25)12-13-26(18(27)10-6-7-11-19(28)30-2)22-24-23-20(32-22)21(29)31-3/h4-5,7-9,11,14H,6,10,12-13H2,1-3H3/b11-7+. The second kappa shape index (κ2) is 10.4. The van der Waals surface area contributed by atoms with Crippen molar-refractivity contribution in [2.45, 2.75) is 19.3 Å². The molecule has 0 N–H and O–H groups in total. The van der Waals surface area contributed by atoms with E-state index >= 15 is 0 Å². The number of methoxy groups -OCH3 is 2. The molecular formula is C22H24N4O6. The maximum Gasteiger partial charge on any atom is 0.396 e. The first kappa shape index (κ1) is 22.7. The molecule has 0 aliphatic heterocycles. The molecule has 168 valence electrons. The number of rotatable bonds is 9. The third kappa shape index (κ3) is 5.20. The van der Waals surface area contributed by atoms with E-state index in [1.165, 1.54) is 25.2 Å². The van der Waals surface area contributed by atoms with Crippen molar-refractivity contribution in [2.75, 3.05) is 25.7 Å². The minimum absolute atomic E-state index is 0.0902. The van der Waals surface area contributed by atoms with Crippen LogP contribution in [0.25, 0.3) is 10.9 Å². The van der Waals surface area contributed by atoms with Crippen LogP contribution in [-0.4, -0.2) is 53.4 Å². The molecule has 10 heteroatoms. The Bertz CT molecular complexity index is 1150. The van der Waals surface area contributed by atoms with E-state index in [0.29, 0.717) is 12.8 Å². The molecule has 0 radical (unpaired) electrons. The molecule has 2 heterocycles. The van der Waals surface area contributed by atoms with Crippen molar-refractivity contribution in [1.29, 1.82) is 0 Å². The number of carbonyl (C=O) groups is 3. The number of hydrogen-bond donors (Lipinski definition) is 0. The first-order valence-electron chi connectivity index (χ1n) is 9.94. The molecule has 10 nitrogen and oxygen atoms in total. The van der Waals surface area contributed by atoms with Crippen molar-refractivity contribution in [3.8, 4) is 0 Å². The van der Waals surface area contributed by atoms with Crippen LogP contribution in [0, 0.1) is 0 Å². The lowest BCUT2D eigenvalue weighted by atomic mass is 10.1. The molecule has 0 fully saturated rings. The summed E-state index contributed by atoms with van der Waals surface area (Å²) in [5.41, 5.74) is 2.14. The number of esters is 2. The van der Waals surface area contributed by atoms with Gasteiger partial charge in [0.15, 0.2) is 0 Å². The van der Waals surface area contributed by atoms with Gasteiger partial charge >= 0.3 is 23.8 Å². The average molecular weight is 440 g/mol. The Hall–Kier alpha value is -3.95. The quantitative estimate of drug-likeness (QED) is 0.368. The summed E-state index contributed by atoms with van der Waals surface area (Å²) in [7, 11) is 4.44. The van der Waals surface area contributed by atoms with E-state index in [1.807, 2.05) is 42.1 Å². The number of ether oxygens (including phenoxy) is 2. The number of carbonyl (C=O) groups excluding carboxylic acids is 3. The normalized spacial score (nSPS) is 11.1. The minimum Gasteiger partial charge on any atom is -0.466 e. The second-order valence-corrected chi connectivity index (χ2v) is 6.92. The molecule has 0 atom stereocenters. The predicted octanol–water partition coefficient (Wildman–Crippen LogP) is 2.43. The largest absolute Gasteiger partial charge is 0.466 e. The molecule has 0 spiro atoms. The van der Waals surface area contributed by atoms with E-state index in [4.69, 9.17) is 4.42 Å². The van der Waals surface area contributed by atoms with Crippen LogP contribution >= 0.6 is 0 Å². The van der Waals surface area contributed by atoms with Crippen LogP contribution in [0.5, 0.6) is 0 Å². The minimum atomic E-state index is -0.786. The van der Waals surface area contributed by atoms with E-state index in [1.54, 1.807) is 6.08 Å². The molecule has 1 amide bonds. The molecule has 0 aliphatic rings. The van der Waals surface area contributed by atoms with Crippen LogP contribution in [0.3, 0.4) is 0 Å². The number of para-hydroxylation sites is 1. The maximum atomic E-state index is 12.9. The summed E-state index contributed by atoms with van der Waals surface area (Å²) in [6, 6.07) is 7.89. The zero-order valence-electron chi connectivity index (χ0n) is 18.1. The molecule has 32 heavy (non-hydrogen) atoms. The first-order chi connectivity index (χ1) is 15.4. The van der Waals surface area contributed by atoms with Gasteiger partial charge in [0.2, 0.25) is 5.91 Å². The number of fused-ring (bicyclic) bond motifs is 1. The van der Waals surface area contributed by atoms with Crippen LogP contribution < -0.4 is 4.90 Å². The molecule has 2 aromatic heterocycles. The summed E-state index contributed by atoms with van der Waals surface area (Å²) in [4.78, 5) is 37.1. The number of aromatic nitrogens is 3. The topological polar surface area (TPSA) is 117 Å². The number of benzene rings is 1. The lowest BCUT2D eigenvalue weighted by molar-refractivity contribution is -0.134. The third-order valence-electron chi connectivity index (χ3n) is 4.87. The zero-order valence-corrected chi connectivity index (χ0v) is 18.1. The van der Waals surface area contributed by atoms with Gasteiger partial charge in [0.1, 0.15) is 0 Å². The van der Waals surface area contributed by atoms with Crippen LogP contribution in [-0.2, 0) is 32.5 Å². The van der Waals surface area contributed by atoms with Crippen LogP contribution in [0.2, 0.25) is 0 Å². The van der Waals surface area contributed by atoms with Crippen molar-refractivity contribution in [1.82, 2.24) is 14.8 Å². The fourth-order valence-corrected chi connectivity index (χ4v) is 3.27. The molecule has 0 saturated carbocycles. The maximum absolute atomic E-state index is 12.9. The van der Waals surface area contributed by atoms with Crippen LogP contribution in [0.15, 0.2) is 47.0 Å². The number of allylic oxidation sites excluding steroid dienone is 1. The van der Waals surface area contributed by atoms with Crippen molar-refractivity contribution in [2.24, 2.45) is 7.05 Å². The Morgan fingerprint density at radius 3 is 2.69 bits per heavy atom. The summed E-state index contributed by atoms with van der Waals surface area (Å²) >= 11 is 0. The highest BCUT2D eigenvalue weighted by Gasteiger charge is 2.24. The number of anilines is 1. The lowest BCUT2D eigenvalue weighted by Crippen LogP contribution is -2.33. The van der Waals surface area contributed by atoms with Gasteiger partial charge in [0, 0.05) is 43.2 Å². The molecule has 3 aromatic rings. The van der Waals surface area contributed by atoms with E-state index in [0.717, 1.165) is 16.5 Å². The highest BCUT2D eigenvalue weighted by Crippen LogP contribution is 2.22. The summed E-state index contributed by atoms with van der Waals surface area (Å²) in [5.74, 6) is -1.91. The Kier molecular flexibility index (Phi) is 7.37. The molecule has 0 aliphatic carbocycles. The highest BCUT2D eigenvalue weighted by atomic mass is 16.5. The van der Waals surface area contributed by atoms with E-state index in [2.05, 4.69) is 19.7 Å². The highest BCUT2D eigenvalue weighted by molar-refractivity contribution is 5.92. The van der Waals surface area contributed by atoms with Gasteiger partial charge in [-0.15, -0.1) is 0 Å². The number of nitrogens with zero attached hydrogens (tertiary/aromatic N) is 4. The molecule has 0 unspecified atom stereocenters. The van der Waals surface area contributed by atoms with E-state index < -0.39 is 11.9 Å². The van der Waals surface area contributed by atoms with Gasteiger partial charge in [-0.25, -0.2) is 9.59 Å². The molecule has 0 saturated heterocycles. The van der Waals surface area contributed by atoms with Crippen molar-refractivity contribution >= 4 is 34.8 Å². The summed E-state index contributed by atoms with van der Waals surface area (Å²) in [6.07, 6.45) is 5.77. The van der Waals surface area contributed by atoms with Gasteiger partial charge in [0.25, 0.3) is 0 Å². The number of aryl methyl sites for hydroxylation is 1. The molecule has 1 aromatic carbocycles. The Balaban J connectivity index is 1.79. The molecule has 3 rings (SSSR count). The average Bonchev–Trinajstić information content (AvgIpc) is 3.41. The van der Waals surface area contributed by atoms with Crippen molar-refractivity contribution in [3.05, 3.63) is 54.1 Å². The number of amides is 1. The van der Waals surface area contributed by atoms with Crippen molar-refractivity contribution < 1.29 is 28.3 Å². The Morgan fingerprint density at radius 1 is 1.16 bits per heavy atom.